The number of nitrogens with one attached hydrogen (secondary N) is 1. The molecule has 0 aliphatic rings. The van der Waals surface area contributed by atoms with Crippen LogP contribution in [0.5, 0.6) is 0 Å². The van der Waals surface area contributed by atoms with E-state index in [1.807, 2.05) is 24.3 Å². The van der Waals surface area contributed by atoms with E-state index in [1.54, 1.807) is 0 Å². The summed E-state index contributed by atoms with van der Waals surface area (Å²) >= 11 is 5.83. The zero-order valence-electron chi connectivity index (χ0n) is 8.17. The molecule has 0 heterocycles. The molecule has 2 nitrogen and oxygen atoms in total. The van der Waals surface area contributed by atoms with Gasteiger partial charge in [-0.05, 0) is 37.5 Å². The van der Waals surface area contributed by atoms with Gasteiger partial charge in [0, 0.05) is 23.9 Å². The van der Waals surface area contributed by atoms with Gasteiger partial charge in [0.15, 0.2) is 0 Å². The molecule has 2 N–H and O–H groups in total. The van der Waals surface area contributed by atoms with Crippen LogP contribution in [0, 0.1) is 0 Å². The van der Waals surface area contributed by atoms with E-state index in [1.165, 1.54) is 0 Å². The van der Waals surface area contributed by atoms with Crippen LogP contribution in [0.3, 0.4) is 0 Å². The molecular weight excluding hydrogens is 198 g/mol. The summed E-state index contributed by atoms with van der Waals surface area (Å²) in [6, 6.07) is 7.70. The van der Waals surface area contributed by atoms with Gasteiger partial charge in [-0.15, -0.1) is 0 Å². The summed E-state index contributed by atoms with van der Waals surface area (Å²) in [5.74, 6) is 0. The van der Waals surface area contributed by atoms with E-state index in [0.717, 1.165) is 36.5 Å². The maximum absolute atomic E-state index is 8.58. The lowest BCUT2D eigenvalue weighted by atomic mass is 10.2. The minimum Gasteiger partial charge on any atom is -0.396 e. The maximum Gasteiger partial charge on any atom is 0.0431 e. The van der Waals surface area contributed by atoms with Gasteiger partial charge in [0.1, 0.15) is 0 Å². The number of aliphatic hydroxyl groups is 1. The third-order valence-electron chi connectivity index (χ3n) is 1.99. The molecule has 3 heteroatoms. The van der Waals surface area contributed by atoms with E-state index in [-0.39, 0.29) is 6.61 Å². The molecule has 1 aromatic carbocycles. The smallest absolute Gasteiger partial charge is 0.0431 e. The van der Waals surface area contributed by atoms with Crippen LogP contribution in [0.15, 0.2) is 24.3 Å². The van der Waals surface area contributed by atoms with Crippen molar-refractivity contribution in [3.8, 4) is 0 Å². The molecule has 0 unspecified atom stereocenters. The predicted octanol–water partition coefficient (Wildman–Crippen LogP) is 2.91. The van der Waals surface area contributed by atoms with Gasteiger partial charge in [-0.2, -0.15) is 0 Å². The number of unbranched alkanes of at least 4 members (excludes halogenated alkanes) is 2. The second kappa shape index (κ2) is 6.68. The average molecular weight is 214 g/mol. The first-order valence-corrected chi connectivity index (χ1v) is 5.31. The fourth-order valence-corrected chi connectivity index (χ4v) is 1.44. The van der Waals surface area contributed by atoms with Crippen molar-refractivity contribution in [2.75, 3.05) is 18.5 Å². The Bertz CT molecular complexity index is 265. The molecule has 0 amide bonds. The van der Waals surface area contributed by atoms with E-state index in [4.69, 9.17) is 16.7 Å². The summed E-state index contributed by atoms with van der Waals surface area (Å²) in [5.41, 5.74) is 1.06. The van der Waals surface area contributed by atoms with E-state index in [0.29, 0.717) is 0 Å². The van der Waals surface area contributed by atoms with Crippen molar-refractivity contribution in [1.29, 1.82) is 0 Å². The molecule has 0 bridgehead atoms. The van der Waals surface area contributed by atoms with Crippen molar-refractivity contribution in [2.45, 2.75) is 19.3 Å². The summed E-state index contributed by atoms with van der Waals surface area (Å²) in [5, 5.41) is 12.6. The Kier molecular flexibility index (Phi) is 5.42. The van der Waals surface area contributed by atoms with E-state index < -0.39 is 0 Å². The minimum atomic E-state index is 0.289. The highest BCUT2D eigenvalue weighted by Crippen LogP contribution is 2.14. The fourth-order valence-electron chi connectivity index (χ4n) is 1.24. The largest absolute Gasteiger partial charge is 0.396 e. The molecule has 14 heavy (non-hydrogen) atoms. The summed E-state index contributed by atoms with van der Waals surface area (Å²) in [6.45, 7) is 1.22. The van der Waals surface area contributed by atoms with Crippen LogP contribution in [0.25, 0.3) is 0 Å². The van der Waals surface area contributed by atoms with Gasteiger partial charge in [0.05, 0.1) is 0 Å². The zero-order chi connectivity index (χ0) is 10.2. The number of rotatable bonds is 6. The van der Waals surface area contributed by atoms with Gasteiger partial charge in [-0.3, -0.25) is 0 Å². The van der Waals surface area contributed by atoms with Gasteiger partial charge >= 0.3 is 0 Å². The third-order valence-corrected chi connectivity index (χ3v) is 2.22. The van der Waals surface area contributed by atoms with Crippen molar-refractivity contribution < 1.29 is 5.11 Å². The SMILES string of the molecule is OCCCCCNc1cccc(Cl)c1. The van der Waals surface area contributed by atoms with E-state index >= 15 is 0 Å². The lowest BCUT2D eigenvalue weighted by molar-refractivity contribution is 0.283. The van der Waals surface area contributed by atoms with Gasteiger partial charge in [-0.1, -0.05) is 17.7 Å². The topological polar surface area (TPSA) is 32.3 Å². The molecule has 1 rings (SSSR count). The molecule has 0 saturated carbocycles. The summed E-state index contributed by atoms with van der Waals surface area (Å²) in [6.07, 6.45) is 3.02. The second-order valence-electron chi connectivity index (χ2n) is 3.22. The monoisotopic (exact) mass is 213 g/mol. The highest BCUT2D eigenvalue weighted by molar-refractivity contribution is 6.30. The first kappa shape index (κ1) is 11.3. The Labute approximate surface area is 89.9 Å². The van der Waals surface area contributed by atoms with Crippen molar-refractivity contribution in [3.05, 3.63) is 29.3 Å². The predicted molar refractivity (Wildman–Crippen MR) is 60.9 cm³/mol. The molecule has 1 aromatic rings. The molecule has 0 fully saturated rings. The quantitative estimate of drug-likeness (QED) is 0.713. The second-order valence-corrected chi connectivity index (χ2v) is 3.66. The van der Waals surface area contributed by atoms with Crippen LogP contribution in [-0.2, 0) is 0 Å². The first-order valence-electron chi connectivity index (χ1n) is 4.93. The Balaban J connectivity index is 2.18. The number of hydrogen-bond donors (Lipinski definition) is 2. The van der Waals surface area contributed by atoms with Crippen LogP contribution in [-0.4, -0.2) is 18.3 Å². The van der Waals surface area contributed by atoms with Gasteiger partial charge in [-0.25, -0.2) is 0 Å². The first-order chi connectivity index (χ1) is 6.83. The standard InChI is InChI=1S/C11H16ClNO/c12-10-5-4-6-11(9-10)13-7-2-1-3-8-14/h4-6,9,13-14H,1-3,7-8H2. The molecule has 0 spiro atoms. The number of halogens is 1. The van der Waals surface area contributed by atoms with Crippen LogP contribution < -0.4 is 5.32 Å². The Morgan fingerprint density at radius 2 is 2.07 bits per heavy atom. The Morgan fingerprint density at radius 1 is 1.21 bits per heavy atom. The third kappa shape index (κ3) is 4.49. The van der Waals surface area contributed by atoms with E-state index in [2.05, 4.69) is 5.32 Å². The zero-order valence-corrected chi connectivity index (χ0v) is 8.93. The summed E-state index contributed by atoms with van der Waals surface area (Å²) in [4.78, 5) is 0. The number of aliphatic hydroxyl groups excluding tert-OH is 1. The normalized spacial score (nSPS) is 10.1. The van der Waals surface area contributed by atoms with Crippen molar-refractivity contribution in [3.63, 3.8) is 0 Å². The summed E-state index contributed by atoms with van der Waals surface area (Å²) in [7, 11) is 0. The van der Waals surface area contributed by atoms with Crippen LogP contribution >= 0.6 is 11.6 Å². The van der Waals surface area contributed by atoms with Crippen molar-refractivity contribution in [2.24, 2.45) is 0 Å². The molecule has 0 saturated heterocycles. The number of anilines is 1. The lowest BCUT2D eigenvalue weighted by Gasteiger charge is -2.05. The minimum absolute atomic E-state index is 0.289. The lowest BCUT2D eigenvalue weighted by Crippen LogP contribution is -2.01. The summed E-state index contributed by atoms with van der Waals surface area (Å²) < 4.78 is 0. The van der Waals surface area contributed by atoms with Crippen LogP contribution in [0.1, 0.15) is 19.3 Å². The van der Waals surface area contributed by atoms with Crippen LogP contribution in [0.2, 0.25) is 5.02 Å². The fraction of sp³-hybridized carbons (Fsp3) is 0.455. The van der Waals surface area contributed by atoms with Gasteiger partial charge in [0.2, 0.25) is 0 Å². The molecule has 0 atom stereocenters. The van der Waals surface area contributed by atoms with Crippen molar-refractivity contribution in [1.82, 2.24) is 0 Å². The number of hydrogen-bond acceptors (Lipinski definition) is 2. The Hall–Kier alpha value is -0.730. The van der Waals surface area contributed by atoms with Gasteiger partial charge < -0.3 is 10.4 Å². The molecule has 0 radical (unpaired) electrons. The molecule has 78 valence electrons. The maximum atomic E-state index is 8.58. The molecular formula is C11H16ClNO. The number of benzene rings is 1. The molecule has 0 aliphatic carbocycles. The highest BCUT2D eigenvalue weighted by atomic mass is 35.5. The Morgan fingerprint density at radius 3 is 2.79 bits per heavy atom. The van der Waals surface area contributed by atoms with Crippen LogP contribution in [0.4, 0.5) is 5.69 Å². The van der Waals surface area contributed by atoms with E-state index in [9.17, 15) is 0 Å². The van der Waals surface area contributed by atoms with Crippen molar-refractivity contribution >= 4 is 17.3 Å². The molecule has 0 aliphatic heterocycles. The average Bonchev–Trinajstić information content (AvgIpc) is 2.18. The van der Waals surface area contributed by atoms with Gasteiger partial charge in [0.25, 0.3) is 0 Å². The molecule has 0 aromatic heterocycles. The highest BCUT2D eigenvalue weighted by Gasteiger charge is 1.92.